The molecule has 1 amide bonds. The molecule has 0 radical (unpaired) electrons. The van der Waals surface area contributed by atoms with Gasteiger partial charge in [-0.15, -0.1) is 0 Å². The van der Waals surface area contributed by atoms with Gasteiger partial charge in [0.2, 0.25) is 6.41 Å². The number of hydrogen-bond acceptors (Lipinski definition) is 10. The minimum Gasteiger partial charge on any atom is -0.496 e. The predicted molar refractivity (Wildman–Crippen MR) is 210 cm³/mol. The largest absolute Gasteiger partial charge is 0.496 e. The van der Waals surface area contributed by atoms with Crippen molar-refractivity contribution in [2.45, 2.75) is 92.9 Å². The van der Waals surface area contributed by atoms with E-state index in [4.69, 9.17) is 14.2 Å². The van der Waals surface area contributed by atoms with Gasteiger partial charge in [-0.05, 0) is 80.7 Å². The monoisotopic (exact) mass is 766 g/mol. The number of H-pyrrole nitrogens is 1. The highest BCUT2D eigenvalue weighted by molar-refractivity contribution is 5.96. The molecule has 5 aliphatic heterocycles. The first-order valence-electron chi connectivity index (χ1n) is 20.2. The van der Waals surface area contributed by atoms with Crippen LogP contribution in [-0.2, 0) is 41.1 Å². The molecule has 56 heavy (non-hydrogen) atoms. The first-order chi connectivity index (χ1) is 26.9. The minimum absolute atomic E-state index is 0.0959. The maximum Gasteiger partial charge on any atom is 0.340 e. The Kier molecular flexibility index (Phi) is 8.60. The van der Waals surface area contributed by atoms with Crippen molar-refractivity contribution >= 4 is 34.9 Å². The Morgan fingerprint density at radius 1 is 0.982 bits per heavy atom. The number of fused-ring (bicyclic) bond motifs is 6. The number of esters is 2. The van der Waals surface area contributed by atoms with Gasteiger partial charge in [0.1, 0.15) is 11.2 Å². The fourth-order valence-corrected chi connectivity index (χ4v) is 13.0. The summed E-state index contributed by atoms with van der Waals surface area (Å²) in [6, 6.07) is 10.9. The summed E-state index contributed by atoms with van der Waals surface area (Å²) in [5.74, 6) is -0.932. The number of anilines is 1. The van der Waals surface area contributed by atoms with Crippen LogP contribution in [0.1, 0.15) is 74.8 Å². The third kappa shape index (κ3) is 4.76. The molecule has 298 valence electrons. The van der Waals surface area contributed by atoms with E-state index in [1.54, 1.807) is 7.11 Å². The molecule has 3 fully saturated rings. The first kappa shape index (κ1) is 37.4. The number of methoxy groups -OCH3 is 3. The minimum atomic E-state index is -2.04. The summed E-state index contributed by atoms with van der Waals surface area (Å²) in [5.41, 5.74) is -1.32. The van der Waals surface area contributed by atoms with Crippen LogP contribution < -0.4 is 9.64 Å². The van der Waals surface area contributed by atoms with Crippen molar-refractivity contribution in [3.05, 3.63) is 70.9 Å². The Bertz CT molecular complexity index is 2150. The highest BCUT2D eigenvalue weighted by atomic mass is 16.5. The fraction of sp³-hybridized carbons (Fsp3) is 0.568. The van der Waals surface area contributed by atoms with Gasteiger partial charge in [0.05, 0.1) is 38.7 Å². The van der Waals surface area contributed by atoms with E-state index in [0.29, 0.717) is 88.2 Å². The molecule has 1 aliphatic carbocycles. The fourth-order valence-electron chi connectivity index (χ4n) is 13.0. The van der Waals surface area contributed by atoms with Crippen molar-refractivity contribution in [1.29, 1.82) is 0 Å². The number of benzene rings is 2. The van der Waals surface area contributed by atoms with Gasteiger partial charge in [0.15, 0.2) is 5.60 Å². The van der Waals surface area contributed by atoms with E-state index >= 15 is 4.79 Å². The van der Waals surface area contributed by atoms with Crippen molar-refractivity contribution in [1.82, 2.24) is 14.8 Å². The van der Waals surface area contributed by atoms with Crippen molar-refractivity contribution < 1.29 is 38.8 Å². The highest BCUT2D eigenvalue weighted by Gasteiger charge is 2.76. The molecule has 9 rings (SSSR count). The number of aromatic nitrogens is 1. The third-order valence-electron chi connectivity index (χ3n) is 15.1. The molecule has 3 N–H and O–H groups in total. The number of piperidine rings is 1. The van der Waals surface area contributed by atoms with Crippen molar-refractivity contribution in [3.8, 4) is 5.75 Å². The van der Waals surface area contributed by atoms with Gasteiger partial charge in [0, 0.05) is 71.3 Å². The van der Waals surface area contributed by atoms with Crippen LogP contribution in [0.15, 0.2) is 48.6 Å². The average molecular weight is 767 g/mol. The van der Waals surface area contributed by atoms with E-state index in [9.17, 15) is 19.8 Å². The smallest absolute Gasteiger partial charge is 0.340 e. The lowest BCUT2D eigenvalue weighted by atomic mass is 9.49. The molecule has 1 saturated carbocycles. The zero-order valence-electron chi connectivity index (χ0n) is 33.1. The highest BCUT2D eigenvalue weighted by Crippen LogP contribution is 2.67. The van der Waals surface area contributed by atoms with E-state index in [2.05, 4.69) is 39.9 Å². The van der Waals surface area contributed by atoms with Crippen molar-refractivity contribution in [2.75, 3.05) is 59.0 Å². The second kappa shape index (κ2) is 12.9. The molecule has 3 aromatic rings. The van der Waals surface area contributed by atoms with Crippen LogP contribution in [0.4, 0.5) is 5.69 Å². The van der Waals surface area contributed by atoms with Gasteiger partial charge in [-0.2, -0.15) is 0 Å². The number of nitrogens with zero attached hydrogens (tertiary/aromatic N) is 3. The molecule has 6 aliphatic rings. The van der Waals surface area contributed by atoms with Crippen molar-refractivity contribution in [2.24, 2.45) is 11.3 Å². The molecule has 12 heteroatoms. The third-order valence-corrected chi connectivity index (χ3v) is 15.1. The summed E-state index contributed by atoms with van der Waals surface area (Å²) in [4.78, 5) is 52.8. The van der Waals surface area contributed by atoms with Crippen LogP contribution in [0.2, 0.25) is 0 Å². The maximum atomic E-state index is 15.2. The number of carbonyl (C=O) groups excluding carboxylic acids is 3. The number of rotatable bonds is 7. The SMILES string of the molecule is CC[C@@]1(O)C[C@H]2CN(CCc3c([nH]c4ccccc34)[C@@](C(=O)OC)(c3cc4c(cc3OC)N(C=O)[C@@H]3[C@@]45CCN4CC=C[C@](CC)(C[C@]3(O)C(=O)OC)[C@@H]45)C2)C1. The first-order valence-corrected chi connectivity index (χ1v) is 20.2. The zero-order chi connectivity index (χ0) is 39.4. The number of hydrogen-bond donors (Lipinski definition) is 3. The lowest BCUT2D eigenvalue weighted by Crippen LogP contribution is -2.74. The molecule has 12 nitrogen and oxygen atoms in total. The van der Waals surface area contributed by atoms with Gasteiger partial charge in [-0.1, -0.05) is 44.2 Å². The number of carbonyl (C=O) groups is 3. The number of aromatic amines is 1. The molecule has 1 spiro atoms. The van der Waals surface area contributed by atoms with E-state index < -0.39 is 45.4 Å². The maximum absolute atomic E-state index is 15.2. The summed E-state index contributed by atoms with van der Waals surface area (Å²) in [6.07, 6.45) is 8.41. The second-order valence-electron chi connectivity index (χ2n) is 17.5. The zero-order valence-corrected chi connectivity index (χ0v) is 33.1. The molecular weight excluding hydrogens is 713 g/mol. The number of ether oxygens (including phenoxy) is 3. The molecule has 6 heterocycles. The molecule has 2 aromatic carbocycles. The van der Waals surface area contributed by atoms with E-state index in [1.165, 1.54) is 19.1 Å². The predicted octanol–water partition coefficient (Wildman–Crippen LogP) is 3.98. The second-order valence-corrected chi connectivity index (χ2v) is 17.5. The van der Waals surface area contributed by atoms with Crippen LogP contribution in [0, 0.1) is 11.3 Å². The van der Waals surface area contributed by atoms with Gasteiger partial charge >= 0.3 is 11.9 Å². The van der Waals surface area contributed by atoms with Gasteiger partial charge < -0.3 is 34.3 Å². The van der Waals surface area contributed by atoms with E-state index in [1.807, 2.05) is 37.3 Å². The summed E-state index contributed by atoms with van der Waals surface area (Å²) >= 11 is 0. The van der Waals surface area contributed by atoms with Crippen LogP contribution >= 0.6 is 0 Å². The summed E-state index contributed by atoms with van der Waals surface area (Å²) in [5, 5.41) is 25.8. The molecule has 2 bridgehead atoms. The van der Waals surface area contributed by atoms with Crippen LogP contribution in [0.3, 0.4) is 0 Å². The quantitative estimate of drug-likeness (QED) is 0.184. The Hall–Kier alpha value is -4.23. The summed E-state index contributed by atoms with van der Waals surface area (Å²) < 4.78 is 17.6. The van der Waals surface area contributed by atoms with Crippen LogP contribution in [-0.4, -0.2) is 121 Å². The van der Waals surface area contributed by atoms with E-state index in [0.717, 1.165) is 34.1 Å². The van der Waals surface area contributed by atoms with Gasteiger partial charge in [-0.3, -0.25) is 19.4 Å². The normalized spacial score (nSPS) is 37.0. The number of amides is 1. The Morgan fingerprint density at radius 2 is 1.77 bits per heavy atom. The average Bonchev–Trinajstić information content (AvgIpc) is 3.88. The standard InChI is InChI=1S/C44H54N4O8/c1-6-40-14-10-16-47-18-15-42(36(40)47)30-19-31(34(54-3)20-33(30)48(26-49)37(42)44(53,24-40)39(51)56-5)43(38(50)55-4)22-27-21-41(52,7-2)25-46(23-27)17-13-29-28-11-8-9-12-32(28)45-35(29)43/h8-12,14,19-20,26-27,36-37,45,52-53H,6-7,13,15-18,21-25H2,1-5H3/t27-,36-,37-,40-,41-,42+,43+,44-/m1/s1. The molecular formula is C44H54N4O8. The molecule has 2 saturated heterocycles. The van der Waals surface area contributed by atoms with Gasteiger partial charge in [-0.25, -0.2) is 4.79 Å². The lowest BCUT2D eigenvalue weighted by Gasteiger charge is -2.60. The molecule has 1 unspecified atom stereocenters. The lowest BCUT2D eigenvalue weighted by molar-refractivity contribution is -0.181. The Balaban J connectivity index is 1.37. The van der Waals surface area contributed by atoms with E-state index in [-0.39, 0.29) is 18.4 Å². The summed E-state index contributed by atoms with van der Waals surface area (Å²) in [7, 11) is 4.27. The molecule has 9 atom stereocenters. The Morgan fingerprint density at radius 3 is 2.48 bits per heavy atom. The van der Waals surface area contributed by atoms with Crippen LogP contribution in [0.5, 0.6) is 5.75 Å². The van der Waals surface area contributed by atoms with Crippen LogP contribution in [0.25, 0.3) is 10.9 Å². The summed E-state index contributed by atoms with van der Waals surface area (Å²) in [6.45, 7) is 7.49. The van der Waals surface area contributed by atoms with Crippen molar-refractivity contribution in [3.63, 3.8) is 0 Å². The molecule has 1 aromatic heterocycles. The van der Waals surface area contributed by atoms with Gasteiger partial charge in [0.25, 0.3) is 0 Å². The Labute approximate surface area is 327 Å². The number of nitrogens with one attached hydrogen (secondary N) is 1. The topological polar surface area (TPSA) is 145 Å². The number of para-hydroxylation sites is 1. The number of aliphatic hydroxyl groups is 2.